The second-order valence-electron chi connectivity index (χ2n) is 11.8. The molecule has 7 rings (SSSR count). The third-order valence-electron chi connectivity index (χ3n) is 9.16. The van der Waals surface area contributed by atoms with Crippen LogP contribution in [0.1, 0.15) is 35.2 Å². The number of hydrogen-bond donors (Lipinski definition) is 0. The van der Waals surface area contributed by atoms with Crippen LogP contribution in [0.3, 0.4) is 0 Å². The summed E-state index contributed by atoms with van der Waals surface area (Å²) in [7, 11) is 1.47. The maximum absolute atomic E-state index is 12.5. The number of para-hydroxylation sites is 1. The van der Waals surface area contributed by atoms with Gasteiger partial charge in [-0.15, -0.1) is 0 Å². The van der Waals surface area contributed by atoms with Crippen LogP contribution in [0.25, 0.3) is 16.5 Å². The van der Waals surface area contributed by atoms with Gasteiger partial charge in [-0.1, -0.05) is 66.2 Å². The van der Waals surface area contributed by atoms with Crippen LogP contribution in [0, 0.1) is 0 Å². The molecule has 1 saturated heterocycles. The first kappa shape index (κ1) is 28.3. The number of aliphatic imine (C=N–C) groups is 1. The van der Waals surface area contributed by atoms with E-state index in [1.807, 2.05) is 24.3 Å². The number of rotatable bonds is 7. The Kier molecular flexibility index (Phi) is 8.12. The van der Waals surface area contributed by atoms with Gasteiger partial charge in [0.05, 0.1) is 24.9 Å². The molecule has 7 heteroatoms. The van der Waals surface area contributed by atoms with E-state index in [0.29, 0.717) is 13.2 Å². The third kappa shape index (κ3) is 5.84. The topological polar surface area (TPSA) is 67.3 Å². The lowest BCUT2D eigenvalue weighted by Gasteiger charge is -2.31. The zero-order valence-electron chi connectivity index (χ0n) is 25.2. The number of ether oxygens (including phenoxy) is 2. The van der Waals surface area contributed by atoms with Crippen LogP contribution >= 0.6 is 0 Å². The molecule has 4 aromatic rings. The van der Waals surface area contributed by atoms with E-state index < -0.39 is 0 Å². The van der Waals surface area contributed by atoms with Crippen molar-refractivity contribution in [2.24, 2.45) is 4.99 Å². The van der Waals surface area contributed by atoms with Gasteiger partial charge in [-0.25, -0.2) is 9.78 Å². The van der Waals surface area contributed by atoms with E-state index in [-0.39, 0.29) is 12.0 Å². The summed E-state index contributed by atoms with van der Waals surface area (Å²) in [5, 5.41) is 1.14. The summed E-state index contributed by atoms with van der Waals surface area (Å²) in [6, 6.07) is 29.1. The normalized spacial score (nSPS) is 18.4. The fraction of sp³-hybridized carbons (Fsp3) is 0.324. The summed E-state index contributed by atoms with van der Waals surface area (Å²) in [6.07, 6.45) is 3.92. The maximum Gasteiger partial charge on any atom is 0.330 e. The third-order valence-corrected chi connectivity index (χ3v) is 9.16. The van der Waals surface area contributed by atoms with Crippen molar-refractivity contribution in [1.29, 1.82) is 0 Å². The number of esters is 1. The van der Waals surface area contributed by atoms with E-state index in [2.05, 4.69) is 70.5 Å². The van der Waals surface area contributed by atoms with Crippen molar-refractivity contribution in [3.05, 3.63) is 113 Å². The molecule has 4 heterocycles. The molecule has 1 fully saturated rings. The monoisotopic (exact) mass is 586 g/mol. The zero-order chi connectivity index (χ0) is 29.9. The van der Waals surface area contributed by atoms with E-state index in [9.17, 15) is 4.79 Å². The summed E-state index contributed by atoms with van der Waals surface area (Å²) >= 11 is 0. The predicted molar refractivity (Wildman–Crippen MR) is 174 cm³/mol. The Balaban J connectivity index is 0.967. The van der Waals surface area contributed by atoms with Gasteiger partial charge in [-0.05, 0) is 66.6 Å². The highest BCUT2D eigenvalue weighted by Gasteiger charge is 2.38. The van der Waals surface area contributed by atoms with Crippen molar-refractivity contribution < 1.29 is 14.3 Å². The van der Waals surface area contributed by atoms with Crippen molar-refractivity contribution in [2.75, 3.05) is 39.8 Å². The number of hydrogen-bond acceptors (Lipinski definition) is 7. The summed E-state index contributed by atoms with van der Waals surface area (Å²) in [5.41, 5.74) is 8.54. The lowest BCUT2D eigenvalue weighted by atomic mass is 9.89. The quantitative estimate of drug-likeness (QED) is 0.258. The van der Waals surface area contributed by atoms with Crippen LogP contribution in [0.5, 0.6) is 5.75 Å². The van der Waals surface area contributed by atoms with Crippen molar-refractivity contribution in [1.82, 2.24) is 14.8 Å². The Morgan fingerprint density at radius 1 is 0.886 bits per heavy atom. The molecule has 0 bridgehead atoms. The van der Waals surface area contributed by atoms with Crippen LogP contribution in [-0.2, 0) is 29.0 Å². The van der Waals surface area contributed by atoms with Gasteiger partial charge in [0.15, 0.2) is 0 Å². The number of amidine groups is 1. The molecule has 44 heavy (non-hydrogen) atoms. The average molecular weight is 587 g/mol. The van der Waals surface area contributed by atoms with E-state index in [1.54, 1.807) is 0 Å². The first-order valence-corrected chi connectivity index (χ1v) is 15.6. The number of benzene rings is 3. The van der Waals surface area contributed by atoms with Gasteiger partial charge >= 0.3 is 5.97 Å². The Morgan fingerprint density at radius 3 is 2.52 bits per heavy atom. The van der Waals surface area contributed by atoms with Gasteiger partial charge in [-0.3, -0.25) is 4.99 Å². The van der Waals surface area contributed by atoms with Crippen molar-refractivity contribution in [2.45, 2.75) is 38.3 Å². The molecule has 1 atom stereocenters. The predicted octanol–water partition coefficient (Wildman–Crippen LogP) is 5.72. The minimum absolute atomic E-state index is 0.199. The molecule has 7 nitrogen and oxygen atoms in total. The molecule has 3 aliphatic rings. The van der Waals surface area contributed by atoms with Gasteiger partial charge in [-0.2, -0.15) is 0 Å². The number of aromatic nitrogens is 1. The highest BCUT2D eigenvalue weighted by molar-refractivity contribution is 6.25. The molecule has 0 N–H and O–H groups in total. The first-order chi connectivity index (χ1) is 21.7. The Bertz CT molecular complexity index is 1720. The van der Waals surface area contributed by atoms with E-state index in [4.69, 9.17) is 19.5 Å². The number of nitrogens with zero attached hydrogens (tertiary/aromatic N) is 4. The number of piperidine rings is 1. The Morgan fingerprint density at radius 2 is 1.68 bits per heavy atom. The fourth-order valence-corrected chi connectivity index (χ4v) is 6.71. The Labute approximate surface area is 258 Å². The van der Waals surface area contributed by atoms with Gasteiger partial charge in [0.2, 0.25) is 0 Å². The van der Waals surface area contributed by atoms with Crippen molar-refractivity contribution in [3.8, 4) is 5.75 Å². The molecule has 0 saturated carbocycles. The molecular formula is C37H38N4O3. The van der Waals surface area contributed by atoms with Crippen molar-refractivity contribution >= 4 is 28.3 Å². The molecule has 0 radical (unpaired) electrons. The largest absolute Gasteiger partial charge is 0.487 e. The van der Waals surface area contributed by atoms with Crippen LogP contribution in [0.2, 0.25) is 0 Å². The highest BCUT2D eigenvalue weighted by atomic mass is 16.5. The summed E-state index contributed by atoms with van der Waals surface area (Å²) in [4.78, 5) is 26.9. The minimum Gasteiger partial charge on any atom is -0.487 e. The average Bonchev–Trinajstić information content (AvgIpc) is 3.42. The standard InChI is InChI=1S/C37H38N4O3/c1-43-37(42)34-24-38-36-35(32-8-4-2-6-27(32)19-23-41(34)36)29-17-21-40(22-18-29)20-16-26-10-14-31(15-11-26)44-25-30-13-12-28-7-3-5-9-33(28)39-30/h2-15,34H,16-25H2,1H3. The van der Waals surface area contributed by atoms with Gasteiger partial charge in [0.1, 0.15) is 24.2 Å². The van der Waals surface area contributed by atoms with Gasteiger partial charge in [0.25, 0.3) is 0 Å². The summed E-state index contributed by atoms with van der Waals surface area (Å²) in [5.74, 6) is 1.64. The van der Waals surface area contributed by atoms with Crippen molar-refractivity contribution in [3.63, 3.8) is 0 Å². The van der Waals surface area contributed by atoms with E-state index >= 15 is 0 Å². The molecule has 3 aliphatic heterocycles. The molecule has 0 amide bonds. The number of methoxy groups -OCH3 is 1. The summed E-state index contributed by atoms with van der Waals surface area (Å²) in [6.45, 7) is 4.77. The first-order valence-electron chi connectivity index (χ1n) is 15.6. The van der Waals surface area contributed by atoms with E-state index in [0.717, 1.165) is 80.0 Å². The summed E-state index contributed by atoms with van der Waals surface area (Å²) < 4.78 is 11.2. The number of fused-ring (bicyclic) bond motifs is 3. The molecule has 0 aliphatic carbocycles. The number of pyridine rings is 1. The molecule has 0 spiro atoms. The lowest BCUT2D eigenvalue weighted by molar-refractivity contribution is -0.144. The lowest BCUT2D eigenvalue weighted by Crippen LogP contribution is -2.43. The maximum atomic E-state index is 12.5. The smallest absolute Gasteiger partial charge is 0.330 e. The second-order valence-corrected chi connectivity index (χ2v) is 11.8. The Hall–Kier alpha value is -4.49. The second kappa shape index (κ2) is 12.6. The molecule has 1 aromatic heterocycles. The van der Waals surface area contributed by atoms with Gasteiger partial charge in [0, 0.05) is 37.1 Å². The van der Waals surface area contributed by atoms with Crippen LogP contribution in [0.4, 0.5) is 0 Å². The highest BCUT2D eigenvalue weighted by Crippen LogP contribution is 2.36. The molecule has 224 valence electrons. The van der Waals surface area contributed by atoms with E-state index in [1.165, 1.54) is 34.9 Å². The molecule has 1 unspecified atom stereocenters. The van der Waals surface area contributed by atoms with Gasteiger partial charge < -0.3 is 19.3 Å². The fourth-order valence-electron chi connectivity index (χ4n) is 6.71. The number of carbonyl (C=O) groups is 1. The van der Waals surface area contributed by atoms with Crippen LogP contribution in [0.15, 0.2) is 95.5 Å². The van der Waals surface area contributed by atoms with Crippen LogP contribution < -0.4 is 4.74 Å². The van der Waals surface area contributed by atoms with Crippen LogP contribution in [-0.4, -0.2) is 72.5 Å². The number of likely N-dealkylation sites (tertiary alicyclic amines) is 1. The number of carbonyl (C=O) groups excluding carboxylic acids is 1. The zero-order valence-corrected chi connectivity index (χ0v) is 25.2. The molecular weight excluding hydrogens is 548 g/mol. The SMILES string of the molecule is COC(=O)C1CN=C2C(=C3CCN(CCc4ccc(OCc5ccc6ccccc6n5)cc4)CC3)c3ccccc3CCN21. The minimum atomic E-state index is -0.327. The molecule has 3 aromatic carbocycles.